The van der Waals surface area contributed by atoms with E-state index in [1.165, 1.54) is 5.69 Å². The Morgan fingerprint density at radius 3 is 3.05 bits per heavy atom. The van der Waals surface area contributed by atoms with Gasteiger partial charge in [-0.1, -0.05) is 12.1 Å². The first-order valence-corrected chi connectivity index (χ1v) is 7.10. The van der Waals surface area contributed by atoms with Gasteiger partial charge in [0.1, 0.15) is 0 Å². The predicted molar refractivity (Wildman–Crippen MR) is 80.1 cm³/mol. The molecule has 5 nitrogen and oxygen atoms in total. The summed E-state index contributed by atoms with van der Waals surface area (Å²) in [5.41, 5.74) is 2.39. The molecule has 1 saturated heterocycles. The average molecular weight is 277 g/mol. The van der Waals surface area contributed by atoms with Crippen molar-refractivity contribution in [1.82, 2.24) is 10.2 Å². The van der Waals surface area contributed by atoms with Gasteiger partial charge in [-0.25, -0.2) is 0 Å². The number of carbonyl (C=O) groups is 1. The summed E-state index contributed by atoms with van der Waals surface area (Å²) < 4.78 is 0. The maximum Gasteiger partial charge on any atom is 0.317 e. The monoisotopic (exact) mass is 277 g/mol. The molecule has 1 aromatic rings. The van der Waals surface area contributed by atoms with Crippen molar-refractivity contribution in [2.24, 2.45) is 0 Å². The van der Waals surface area contributed by atoms with Crippen LogP contribution in [0.5, 0.6) is 0 Å². The van der Waals surface area contributed by atoms with Crippen LogP contribution in [-0.2, 0) is 11.3 Å². The van der Waals surface area contributed by atoms with Gasteiger partial charge >= 0.3 is 5.97 Å². The second kappa shape index (κ2) is 7.26. The summed E-state index contributed by atoms with van der Waals surface area (Å²) in [6.07, 6.45) is 1.16. The Labute approximate surface area is 120 Å². The van der Waals surface area contributed by atoms with Gasteiger partial charge in [-0.05, 0) is 37.7 Å². The van der Waals surface area contributed by atoms with E-state index in [1.54, 1.807) is 0 Å². The molecule has 0 aliphatic carbocycles. The van der Waals surface area contributed by atoms with Crippen molar-refractivity contribution in [3.05, 3.63) is 29.8 Å². The summed E-state index contributed by atoms with van der Waals surface area (Å²) in [6.45, 7) is 4.92. The lowest BCUT2D eigenvalue weighted by Crippen LogP contribution is -2.28. The maximum absolute atomic E-state index is 10.7. The lowest BCUT2D eigenvalue weighted by Gasteiger charge is -2.23. The van der Waals surface area contributed by atoms with Crippen molar-refractivity contribution in [2.45, 2.75) is 13.0 Å². The van der Waals surface area contributed by atoms with E-state index < -0.39 is 5.97 Å². The fraction of sp³-hybridized carbons (Fsp3) is 0.533. The molecule has 20 heavy (non-hydrogen) atoms. The van der Waals surface area contributed by atoms with Crippen LogP contribution in [0, 0.1) is 0 Å². The summed E-state index contributed by atoms with van der Waals surface area (Å²) in [5, 5.41) is 12.2. The number of nitrogens with zero attached hydrogens (tertiary/aromatic N) is 2. The molecule has 0 aromatic heterocycles. The van der Waals surface area contributed by atoms with Gasteiger partial charge in [0, 0.05) is 31.9 Å². The zero-order valence-corrected chi connectivity index (χ0v) is 12.0. The molecule has 1 aromatic carbocycles. The first-order chi connectivity index (χ1) is 9.65. The number of likely N-dealkylation sites (N-methyl/N-ethyl adjacent to an activating group) is 1. The number of anilines is 1. The number of nitrogens with one attached hydrogen (secondary N) is 1. The Bertz CT molecular complexity index is 442. The SMILES string of the molecule is CN(CC(=O)O)Cc1cccc(N2CCCNCC2)c1. The predicted octanol–water partition coefficient (Wildman–Crippen LogP) is 1.00. The third-order valence-corrected chi connectivity index (χ3v) is 3.47. The fourth-order valence-corrected chi connectivity index (χ4v) is 2.55. The third kappa shape index (κ3) is 4.51. The third-order valence-electron chi connectivity index (χ3n) is 3.47. The average Bonchev–Trinajstić information content (AvgIpc) is 2.66. The summed E-state index contributed by atoms with van der Waals surface area (Å²) in [4.78, 5) is 14.9. The van der Waals surface area contributed by atoms with Crippen molar-refractivity contribution >= 4 is 11.7 Å². The van der Waals surface area contributed by atoms with E-state index in [-0.39, 0.29) is 6.54 Å². The highest BCUT2D eigenvalue weighted by Gasteiger charge is 2.11. The molecule has 1 fully saturated rings. The summed E-state index contributed by atoms with van der Waals surface area (Å²) in [7, 11) is 1.83. The van der Waals surface area contributed by atoms with E-state index >= 15 is 0 Å². The second-order valence-corrected chi connectivity index (χ2v) is 5.33. The molecule has 110 valence electrons. The van der Waals surface area contributed by atoms with Crippen LogP contribution in [0.4, 0.5) is 5.69 Å². The first-order valence-electron chi connectivity index (χ1n) is 7.10. The van der Waals surface area contributed by atoms with Crippen molar-refractivity contribution in [3.63, 3.8) is 0 Å². The minimum atomic E-state index is -0.790. The Hall–Kier alpha value is -1.59. The Morgan fingerprint density at radius 1 is 1.40 bits per heavy atom. The lowest BCUT2D eigenvalue weighted by atomic mass is 10.1. The molecule has 0 atom stereocenters. The largest absolute Gasteiger partial charge is 0.480 e. The Balaban J connectivity index is 2.01. The van der Waals surface area contributed by atoms with E-state index in [1.807, 2.05) is 11.9 Å². The molecule has 2 N–H and O–H groups in total. The smallest absolute Gasteiger partial charge is 0.317 e. The van der Waals surface area contributed by atoms with Gasteiger partial charge in [-0.3, -0.25) is 9.69 Å². The van der Waals surface area contributed by atoms with Gasteiger partial charge in [0.2, 0.25) is 0 Å². The molecule has 0 unspecified atom stereocenters. The number of carboxylic acids is 1. The van der Waals surface area contributed by atoms with Gasteiger partial charge in [0.15, 0.2) is 0 Å². The molecule has 1 heterocycles. The number of aliphatic carboxylic acids is 1. The van der Waals surface area contributed by atoms with Crippen LogP contribution >= 0.6 is 0 Å². The highest BCUT2D eigenvalue weighted by Crippen LogP contribution is 2.18. The molecule has 5 heteroatoms. The molecule has 0 saturated carbocycles. The van der Waals surface area contributed by atoms with Crippen molar-refractivity contribution < 1.29 is 9.90 Å². The molecule has 1 aliphatic heterocycles. The first kappa shape index (κ1) is 14.8. The van der Waals surface area contributed by atoms with Gasteiger partial charge < -0.3 is 15.3 Å². The van der Waals surface area contributed by atoms with Crippen molar-refractivity contribution in [3.8, 4) is 0 Å². The molecular formula is C15H23N3O2. The van der Waals surface area contributed by atoms with Crippen molar-refractivity contribution in [2.75, 3.05) is 44.7 Å². The van der Waals surface area contributed by atoms with Crippen LogP contribution in [0.1, 0.15) is 12.0 Å². The van der Waals surface area contributed by atoms with Crippen LogP contribution in [0.3, 0.4) is 0 Å². The Kier molecular flexibility index (Phi) is 5.38. The van der Waals surface area contributed by atoms with Crippen LogP contribution in [0.15, 0.2) is 24.3 Å². The van der Waals surface area contributed by atoms with Gasteiger partial charge in [0.25, 0.3) is 0 Å². The molecule has 0 radical (unpaired) electrons. The summed E-state index contributed by atoms with van der Waals surface area (Å²) in [6, 6.07) is 8.41. The van der Waals surface area contributed by atoms with Crippen LogP contribution in [0.2, 0.25) is 0 Å². The highest BCUT2D eigenvalue weighted by molar-refractivity contribution is 5.69. The van der Waals surface area contributed by atoms with Crippen molar-refractivity contribution in [1.29, 1.82) is 0 Å². The van der Waals surface area contributed by atoms with E-state index in [2.05, 4.69) is 34.5 Å². The van der Waals surface area contributed by atoms with E-state index in [0.29, 0.717) is 6.54 Å². The minimum Gasteiger partial charge on any atom is -0.480 e. The summed E-state index contributed by atoms with van der Waals surface area (Å²) >= 11 is 0. The zero-order chi connectivity index (χ0) is 14.4. The molecule has 0 bridgehead atoms. The number of carboxylic acid groups (broad SMARTS) is 1. The van der Waals surface area contributed by atoms with E-state index in [0.717, 1.165) is 38.2 Å². The molecular weight excluding hydrogens is 254 g/mol. The Morgan fingerprint density at radius 2 is 2.25 bits per heavy atom. The van der Waals surface area contributed by atoms with Gasteiger partial charge in [-0.15, -0.1) is 0 Å². The zero-order valence-electron chi connectivity index (χ0n) is 12.0. The van der Waals surface area contributed by atoms with Crippen LogP contribution < -0.4 is 10.2 Å². The number of benzene rings is 1. The molecule has 1 aliphatic rings. The lowest BCUT2D eigenvalue weighted by molar-refractivity contribution is -0.138. The quantitative estimate of drug-likeness (QED) is 0.841. The van der Waals surface area contributed by atoms with E-state index in [4.69, 9.17) is 5.11 Å². The minimum absolute atomic E-state index is 0.0673. The highest BCUT2D eigenvalue weighted by atomic mass is 16.4. The second-order valence-electron chi connectivity index (χ2n) is 5.33. The van der Waals surface area contributed by atoms with Crippen LogP contribution in [0.25, 0.3) is 0 Å². The topological polar surface area (TPSA) is 55.8 Å². The number of rotatable bonds is 5. The molecule has 0 spiro atoms. The van der Waals surface area contributed by atoms with Crippen LogP contribution in [-0.4, -0.2) is 55.7 Å². The fourth-order valence-electron chi connectivity index (χ4n) is 2.55. The molecule has 0 amide bonds. The summed E-state index contributed by atoms with van der Waals surface area (Å²) in [5.74, 6) is -0.790. The van der Waals surface area contributed by atoms with E-state index in [9.17, 15) is 4.79 Å². The molecule has 2 rings (SSSR count). The standard InChI is InChI=1S/C15H23N3O2/c1-17(12-15(19)20)11-13-4-2-5-14(10-13)18-8-3-6-16-7-9-18/h2,4-5,10,16H,3,6-9,11-12H2,1H3,(H,19,20). The normalized spacial score (nSPS) is 16.2. The van der Waals surface area contributed by atoms with Gasteiger partial charge in [-0.2, -0.15) is 0 Å². The number of hydrogen-bond donors (Lipinski definition) is 2. The number of hydrogen-bond acceptors (Lipinski definition) is 4. The van der Waals surface area contributed by atoms with Gasteiger partial charge in [0.05, 0.1) is 6.54 Å². The maximum atomic E-state index is 10.7.